The van der Waals surface area contributed by atoms with Crippen LogP contribution in [0, 0.1) is 5.41 Å². The summed E-state index contributed by atoms with van der Waals surface area (Å²) in [4.78, 5) is 0. The first-order valence-corrected chi connectivity index (χ1v) is 7.90. The van der Waals surface area contributed by atoms with E-state index >= 15 is 0 Å². The largest absolute Gasteiger partial charge is 0.506 e. The Hall–Kier alpha value is -0.930. The van der Waals surface area contributed by atoms with E-state index in [1.54, 1.807) is 12.1 Å². The van der Waals surface area contributed by atoms with Crippen LogP contribution in [0.1, 0.15) is 39.0 Å². The van der Waals surface area contributed by atoms with Gasteiger partial charge in [-0.25, -0.2) is 0 Å². The molecule has 0 amide bonds. The van der Waals surface area contributed by atoms with Crippen molar-refractivity contribution >= 4 is 17.3 Å². The molecule has 110 valence electrons. The highest BCUT2D eigenvalue weighted by molar-refractivity contribution is 6.32. The summed E-state index contributed by atoms with van der Waals surface area (Å²) in [7, 11) is 0. The summed E-state index contributed by atoms with van der Waals surface area (Å²) in [5.41, 5.74) is 1.29. The van der Waals surface area contributed by atoms with Gasteiger partial charge in [0.25, 0.3) is 0 Å². The van der Waals surface area contributed by atoms with Crippen molar-refractivity contribution in [3.63, 3.8) is 0 Å². The van der Waals surface area contributed by atoms with Gasteiger partial charge in [0.05, 0.1) is 11.1 Å². The Bertz CT molecular complexity index is 485. The lowest BCUT2D eigenvalue weighted by Crippen LogP contribution is -2.60. The molecular formula is C16H22ClNO2. The monoisotopic (exact) mass is 295 g/mol. The molecule has 4 heteroatoms. The molecule has 0 aromatic heterocycles. The molecule has 3 rings (SSSR count). The lowest BCUT2D eigenvalue weighted by molar-refractivity contribution is -0.114. The Morgan fingerprint density at radius 3 is 2.80 bits per heavy atom. The van der Waals surface area contributed by atoms with E-state index in [0.29, 0.717) is 22.6 Å². The molecule has 2 fully saturated rings. The molecule has 0 radical (unpaired) electrons. The topological polar surface area (TPSA) is 41.5 Å². The fraction of sp³-hybridized carbons (Fsp3) is 0.625. The van der Waals surface area contributed by atoms with Crippen molar-refractivity contribution < 1.29 is 9.84 Å². The number of ether oxygens (including phenoxy) is 1. The first-order chi connectivity index (χ1) is 9.65. The second-order valence-corrected chi connectivity index (χ2v) is 6.39. The molecule has 0 heterocycles. The first-order valence-electron chi connectivity index (χ1n) is 7.52. The second-order valence-electron chi connectivity index (χ2n) is 5.98. The minimum Gasteiger partial charge on any atom is -0.506 e. The van der Waals surface area contributed by atoms with E-state index in [9.17, 15) is 5.11 Å². The highest BCUT2D eigenvalue weighted by Crippen LogP contribution is 2.55. The normalized spacial score (nSPS) is 27.5. The molecule has 1 aromatic carbocycles. The quantitative estimate of drug-likeness (QED) is 0.818. The molecule has 0 saturated heterocycles. The molecule has 20 heavy (non-hydrogen) atoms. The van der Waals surface area contributed by atoms with E-state index < -0.39 is 0 Å². The number of rotatable bonds is 4. The van der Waals surface area contributed by atoms with Crippen molar-refractivity contribution in [2.75, 3.05) is 11.9 Å². The summed E-state index contributed by atoms with van der Waals surface area (Å²) < 4.78 is 5.92. The van der Waals surface area contributed by atoms with Crippen LogP contribution in [0.5, 0.6) is 5.75 Å². The number of hydrogen-bond donors (Lipinski definition) is 2. The van der Waals surface area contributed by atoms with Gasteiger partial charge in [0.2, 0.25) is 0 Å². The van der Waals surface area contributed by atoms with Gasteiger partial charge < -0.3 is 15.2 Å². The maximum atomic E-state index is 9.49. The van der Waals surface area contributed by atoms with Gasteiger partial charge >= 0.3 is 0 Å². The molecule has 0 aliphatic heterocycles. The van der Waals surface area contributed by atoms with E-state index in [-0.39, 0.29) is 5.75 Å². The van der Waals surface area contributed by atoms with E-state index in [1.165, 1.54) is 25.7 Å². The zero-order valence-corrected chi connectivity index (χ0v) is 12.6. The standard InChI is InChI=1S/C16H22ClNO2/c1-2-20-15-10-14(16(15)7-3-4-8-16)18-11-5-6-13(19)12(17)9-11/h5-6,9,14-15,18-19H,2-4,7-8,10H2,1H3. The van der Waals surface area contributed by atoms with Gasteiger partial charge in [-0.3, -0.25) is 0 Å². The summed E-state index contributed by atoms with van der Waals surface area (Å²) in [5.74, 6) is 0.133. The highest BCUT2D eigenvalue weighted by Gasteiger charge is 2.56. The smallest absolute Gasteiger partial charge is 0.134 e. The Labute approximate surface area is 125 Å². The Morgan fingerprint density at radius 1 is 1.40 bits per heavy atom. The molecule has 2 unspecified atom stereocenters. The zero-order chi connectivity index (χ0) is 14.2. The molecule has 2 saturated carbocycles. The Kier molecular flexibility index (Phi) is 3.83. The molecule has 2 aliphatic rings. The third-order valence-electron chi connectivity index (χ3n) is 4.98. The average molecular weight is 296 g/mol. The predicted octanol–water partition coefficient (Wildman–Crippen LogP) is 4.20. The van der Waals surface area contributed by atoms with Crippen LogP contribution in [0.25, 0.3) is 0 Å². The van der Waals surface area contributed by atoms with Crippen LogP contribution >= 0.6 is 11.6 Å². The van der Waals surface area contributed by atoms with Gasteiger partial charge in [-0.05, 0) is 44.4 Å². The molecule has 2 atom stereocenters. The summed E-state index contributed by atoms with van der Waals surface area (Å²) in [6.45, 7) is 2.87. The van der Waals surface area contributed by atoms with Gasteiger partial charge in [-0.2, -0.15) is 0 Å². The van der Waals surface area contributed by atoms with Crippen LogP contribution in [0.2, 0.25) is 5.02 Å². The average Bonchev–Trinajstić information content (AvgIpc) is 2.94. The predicted molar refractivity (Wildman–Crippen MR) is 81.5 cm³/mol. The van der Waals surface area contributed by atoms with Crippen LogP contribution in [-0.2, 0) is 4.74 Å². The van der Waals surface area contributed by atoms with Crippen molar-refractivity contribution in [1.29, 1.82) is 0 Å². The minimum absolute atomic E-state index is 0.133. The summed E-state index contributed by atoms with van der Waals surface area (Å²) in [6.07, 6.45) is 6.57. The molecule has 2 N–H and O–H groups in total. The SMILES string of the molecule is CCOC1CC(Nc2ccc(O)c(Cl)c2)C12CCCC2. The molecule has 0 bridgehead atoms. The number of phenolic OH excluding ortho intramolecular Hbond substituents is 1. The van der Waals surface area contributed by atoms with Crippen molar-refractivity contribution in [1.82, 2.24) is 0 Å². The fourth-order valence-corrected chi connectivity index (χ4v) is 4.07. The van der Waals surface area contributed by atoms with E-state index in [2.05, 4.69) is 12.2 Å². The Balaban J connectivity index is 1.72. The van der Waals surface area contributed by atoms with Crippen LogP contribution in [-0.4, -0.2) is 23.9 Å². The Morgan fingerprint density at radius 2 is 2.15 bits per heavy atom. The first kappa shape index (κ1) is 14.0. The number of aromatic hydroxyl groups is 1. The number of halogens is 1. The fourth-order valence-electron chi connectivity index (χ4n) is 3.89. The van der Waals surface area contributed by atoms with Crippen molar-refractivity contribution in [3.05, 3.63) is 23.2 Å². The molecule has 1 aromatic rings. The molecular weight excluding hydrogens is 274 g/mol. The van der Waals surface area contributed by atoms with E-state index in [0.717, 1.165) is 18.7 Å². The van der Waals surface area contributed by atoms with Crippen LogP contribution in [0.3, 0.4) is 0 Å². The molecule has 3 nitrogen and oxygen atoms in total. The number of phenols is 1. The molecule has 2 aliphatic carbocycles. The van der Waals surface area contributed by atoms with Crippen LogP contribution < -0.4 is 5.32 Å². The van der Waals surface area contributed by atoms with Gasteiger partial charge in [-0.15, -0.1) is 0 Å². The zero-order valence-electron chi connectivity index (χ0n) is 11.9. The van der Waals surface area contributed by atoms with Crippen molar-refractivity contribution in [2.45, 2.75) is 51.2 Å². The third-order valence-corrected chi connectivity index (χ3v) is 5.28. The lowest BCUT2D eigenvalue weighted by atomic mass is 9.60. The number of hydrogen-bond acceptors (Lipinski definition) is 3. The van der Waals surface area contributed by atoms with E-state index in [4.69, 9.17) is 16.3 Å². The van der Waals surface area contributed by atoms with Gasteiger partial charge in [0.15, 0.2) is 0 Å². The van der Waals surface area contributed by atoms with Crippen LogP contribution in [0.15, 0.2) is 18.2 Å². The van der Waals surface area contributed by atoms with E-state index in [1.807, 2.05) is 6.07 Å². The summed E-state index contributed by atoms with van der Waals surface area (Å²) >= 11 is 5.97. The maximum Gasteiger partial charge on any atom is 0.134 e. The van der Waals surface area contributed by atoms with Gasteiger partial charge in [0, 0.05) is 23.8 Å². The van der Waals surface area contributed by atoms with Gasteiger partial charge in [-0.1, -0.05) is 24.4 Å². The maximum absolute atomic E-state index is 9.49. The number of nitrogens with one attached hydrogen (secondary N) is 1. The second kappa shape index (κ2) is 5.45. The van der Waals surface area contributed by atoms with Crippen LogP contribution in [0.4, 0.5) is 5.69 Å². The molecule has 1 spiro atoms. The third kappa shape index (κ3) is 2.27. The summed E-state index contributed by atoms with van der Waals surface area (Å²) in [6, 6.07) is 5.79. The lowest BCUT2D eigenvalue weighted by Gasteiger charge is -2.54. The summed E-state index contributed by atoms with van der Waals surface area (Å²) in [5, 5.41) is 13.5. The number of benzene rings is 1. The minimum atomic E-state index is 0.133. The van der Waals surface area contributed by atoms with Crippen molar-refractivity contribution in [2.24, 2.45) is 5.41 Å². The van der Waals surface area contributed by atoms with Gasteiger partial charge in [0.1, 0.15) is 5.75 Å². The number of anilines is 1. The van der Waals surface area contributed by atoms with Crippen molar-refractivity contribution in [3.8, 4) is 5.75 Å². The highest BCUT2D eigenvalue weighted by atomic mass is 35.5.